The van der Waals surface area contributed by atoms with Crippen molar-refractivity contribution in [2.75, 3.05) is 5.32 Å². The fourth-order valence-corrected chi connectivity index (χ4v) is 1.90. The summed E-state index contributed by atoms with van der Waals surface area (Å²) in [6.07, 6.45) is 0. The summed E-state index contributed by atoms with van der Waals surface area (Å²) >= 11 is 0. The van der Waals surface area contributed by atoms with Crippen molar-refractivity contribution in [3.8, 4) is 6.07 Å². The molecule has 0 unspecified atom stereocenters. The lowest BCUT2D eigenvalue weighted by atomic mass is 10.1. The number of hydrogen-bond acceptors (Lipinski definition) is 2. The van der Waals surface area contributed by atoms with E-state index in [0.29, 0.717) is 5.56 Å². The highest BCUT2D eigenvalue weighted by atomic mass is 14.9. The summed E-state index contributed by atoms with van der Waals surface area (Å²) in [5.41, 5.74) is 5.61. The topological polar surface area (TPSA) is 35.8 Å². The molecule has 0 saturated carbocycles. The van der Waals surface area contributed by atoms with E-state index < -0.39 is 0 Å². The van der Waals surface area contributed by atoms with Crippen LogP contribution in [-0.4, -0.2) is 0 Å². The molecular weight excluding hydrogens is 220 g/mol. The van der Waals surface area contributed by atoms with Gasteiger partial charge < -0.3 is 5.32 Å². The molecule has 0 aliphatic carbocycles. The van der Waals surface area contributed by atoms with Crippen molar-refractivity contribution in [1.29, 1.82) is 5.26 Å². The normalized spacial score (nSPS) is 9.83. The third kappa shape index (κ3) is 2.89. The lowest BCUT2D eigenvalue weighted by molar-refractivity contribution is 1.11. The van der Waals surface area contributed by atoms with E-state index >= 15 is 0 Å². The molecule has 0 bridgehead atoms. The highest BCUT2D eigenvalue weighted by Gasteiger charge is 1.99. The van der Waals surface area contributed by atoms with Crippen LogP contribution in [0.4, 0.5) is 5.69 Å². The fraction of sp³-hybridized carbons (Fsp3) is 0.188. The van der Waals surface area contributed by atoms with Crippen molar-refractivity contribution >= 4 is 5.69 Å². The van der Waals surface area contributed by atoms with Gasteiger partial charge in [0.15, 0.2) is 0 Å². The van der Waals surface area contributed by atoms with Crippen LogP contribution in [-0.2, 0) is 6.54 Å². The molecule has 2 rings (SSSR count). The number of nitriles is 1. The maximum Gasteiger partial charge on any atom is 0.0991 e. The number of rotatable bonds is 3. The zero-order valence-electron chi connectivity index (χ0n) is 10.7. The van der Waals surface area contributed by atoms with E-state index in [9.17, 15) is 0 Å². The first kappa shape index (κ1) is 12.2. The molecule has 2 aromatic rings. The van der Waals surface area contributed by atoms with Crippen molar-refractivity contribution in [2.45, 2.75) is 20.4 Å². The number of benzene rings is 2. The maximum absolute atomic E-state index is 8.73. The van der Waals surface area contributed by atoms with Crippen molar-refractivity contribution in [3.05, 3.63) is 64.7 Å². The van der Waals surface area contributed by atoms with Gasteiger partial charge in [0, 0.05) is 12.2 Å². The Morgan fingerprint density at radius 3 is 2.39 bits per heavy atom. The molecule has 0 saturated heterocycles. The Balaban J connectivity index is 2.04. The van der Waals surface area contributed by atoms with Crippen molar-refractivity contribution < 1.29 is 0 Å². The fourth-order valence-electron chi connectivity index (χ4n) is 1.90. The molecule has 2 heteroatoms. The summed E-state index contributed by atoms with van der Waals surface area (Å²) in [6.45, 7) is 5.03. The molecule has 0 amide bonds. The first-order chi connectivity index (χ1) is 8.69. The van der Waals surface area contributed by atoms with Crippen LogP contribution in [0, 0.1) is 25.2 Å². The second-order valence-corrected chi connectivity index (χ2v) is 4.47. The monoisotopic (exact) mass is 236 g/mol. The summed E-state index contributed by atoms with van der Waals surface area (Å²) in [6, 6.07) is 16.1. The second-order valence-electron chi connectivity index (χ2n) is 4.47. The van der Waals surface area contributed by atoms with Gasteiger partial charge in [0.25, 0.3) is 0 Å². The van der Waals surface area contributed by atoms with E-state index in [1.165, 1.54) is 16.7 Å². The predicted molar refractivity (Wildman–Crippen MR) is 74.4 cm³/mol. The van der Waals surface area contributed by atoms with Crippen LogP contribution in [0.15, 0.2) is 42.5 Å². The van der Waals surface area contributed by atoms with Crippen molar-refractivity contribution in [3.63, 3.8) is 0 Å². The first-order valence-corrected chi connectivity index (χ1v) is 5.99. The second kappa shape index (κ2) is 5.37. The van der Waals surface area contributed by atoms with Crippen LogP contribution in [0.1, 0.15) is 22.3 Å². The van der Waals surface area contributed by atoms with Gasteiger partial charge in [-0.05, 0) is 49.2 Å². The summed E-state index contributed by atoms with van der Waals surface area (Å²) < 4.78 is 0. The number of aryl methyl sites for hydroxylation is 2. The van der Waals surface area contributed by atoms with Gasteiger partial charge in [0.1, 0.15) is 0 Å². The van der Waals surface area contributed by atoms with Crippen LogP contribution in [0.25, 0.3) is 0 Å². The molecule has 0 aliphatic rings. The maximum atomic E-state index is 8.73. The van der Waals surface area contributed by atoms with Gasteiger partial charge in [-0.2, -0.15) is 5.26 Å². The Morgan fingerprint density at radius 2 is 1.78 bits per heavy atom. The van der Waals surface area contributed by atoms with Crippen LogP contribution in [0.5, 0.6) is 0 Å². The molecule has 0 heterocycles. The molecule has 0 radical (unpaired) electrons. The summed E-state index contributed by atoms with van der Waals surface area (Å²) in [5, 5.41) is 12.1. The number of hydrogen-bond donors (Lipinski definition) is 1. The van der Waals surface area contributed by atoms with Gasteiger partial charge in [-0.15, -0.1) is 0 Å². The summed E-state index contributed by atoms with van der Waals surface area (Å²) in [4.78, 5) is 0. The summed E-state index contributed by atoms with van der Waals surface area (Å²) in [7, 11) is 0. The third-order valence-corrected chi connectivity index (χ3v) is 3.00. The van der Waals surface area contributed by atoms with Crippen LogP contribution >= 0.6 is 0 Å². The number of nitrogens with one attached hydrogen (secondary N) is 1. The molecule has 0 fully saturated rings. The molecule has 1 N–H and O–H groups in total. The third-order valence-electron chi connectivity index (χ3n) is 3.00. The van der Waals surface area contributed by atoms with Gasteiger partial charge in [-0.25, -0.2) is 0 Å². The van der Waals surface area contributed by atoms with Crippen LogP contribution < -0.4 is 5.32 Å². The minimum Gasteiger partial charge on any atom is -0.381 e. The Hall–Kier alpha value is -2.27. The quantitative estimate of drug-likeness (QED) is 0.880. The van der Waals surface area contributed by atoms with Gasteiger partial charge in [-0.1, -0.05) is 23.8 Å². The van der Waals surface area contributed by atoms with Gasteiger partial charge >= 0.3 is 0 Å². The van der Waals surface area contributed by atoms with E-state index in [4.69, 9.17) is 5.26 Å². The molecule has 2 aromatic carbocycles. The molecule has 0 aliphatic heterocycles. The number of nitrogens with zero attached hydrogens (tertiary/aromatic N) is 1. The van der Waals surface area contributed by atoms with E-state index in [0.717, 1.165) is 12.2 Å². The summed E-state index contributed by atoms with van der Waals surface area (Å²) in [5.74, 6) is 0. The Morgan fingerprint density at radius 1 is 1.06 bits per heavy atom. The average molecular weight is 236 g/mol. The molecular formula is C16H16N2. The lowest BCUT2D eigenvalue weighted by Gasteiger charge is -2.09. The largest absolute Gasteiger partial charge is 0.381 e. The highest BCUT2D eigenvalue weighted by molar-refractivity contribution is 5.48. The van der Waals surface area contributed by atoms with Crippen LogP contribution in [0.2, 0.25) is 0 Å². The Bertz CT molecular complexity index is 577. The zero-order valence-corrected chi connectivity index (χ0v) is 10.7. The van der Waals surface area contributed by atoms with E-state index in [1.54, 1.807) is 0 Å². The molecule has 0 atom stereocenters. The van der Waals surface area contributed by atoms with Gasteiger partial charge in [0.05, 0.1) is 11.6 Å². The molecule has 0 aromatic heterocycles. The smallest absolute Gasteiger partial charge is 0.0991 e. The molecule has 2 nitrogen and oxygen atoms in total. The van der Waals surface area contributed by atoms with E-state index in [-0.39, 0.29) is 0 Å². The predicted octanol–water partition coefficient (Wildman–Crippen LogP) is 3.79. The van der Waals surface area contributed by atoms with E-state index in [2.05, 4.69) is 43.4 Å². The minimum absolute atomic E-state index is 0.687. The highest BCUT2D eigenvalue weighted by Crippen LogP contribution is 2.14. The van der Waals surface area contributed by atoms with E-state index in [1.807, 2.05) is 24.3 Å². The van der Waals surface area contributed by atoms with Crippen LogP contribution in [0.3, 0.4) is 0 Å². The zero-order chi connectivity index (χ0) is 13.0. The Kier molecular flexibility index (Phi) is 3.64. The first-order valence-electron chi connectivity index (χ1n) is 5.99. The van der Waals surface area contributed by atoms with Crippen molar-refractivity contribution in [1.82, 2.24) is 0 Å². The molecule has 90 valence electrons. The van der Waals surface area contributed by atoms with Gasteiger partial charge in [0.2, 0.25) is 0 Å². The average Bonchev–Trinajstić information content (AvgIpc) is 2.38. The Labute approximate surface area is 108 Å². The standard InChI is InChI=1S/C16H16N2/c1-12-3-6-15(13(2)9-12)11-18-16-7-4-14(10-17)5-8-16/h3-9,18H,11H2,1-2H3. The van der Waals surface area contributed by atoms with Gasteiger partial charge in [-0.3, -0.25) is 0 Å². The molecule has 18 heavy (non-hydrogen) atoms. The molecule has 0 spiro atoms. The SMILES string of the molecule is Cc1ccc(CNc2ccc(C#N)cc2)c(C)c1. The lowest BCUT2D eigenvalue weighted by Crippen LogP contribution is -2.01. The minimum atomic E-state index is 0.687. The van der Waals surface area contributed by atoms with Crippen molar-refractivity contribution in [2.24, 2.45) is 0 Å². The number of anilines is 1.